The highest BCUT2D eigenvalue weighted by molar-refractivity contribution is 5.84. The Kier molecular flexibility index (Phi) is 4.47. The minimum Gasteiger partial charge on any atom is -0.374 e. The lowest BCUT2D eigenvalue weighted by Gasteiger charge is -2.24. The van der Waals surface area contributed by atoms with Crippen molar-refractivity contribution in [3.63, 3.8) is 0 Å². The van der Waals surface area contributed by atoms with Crippen LogP contribution in [-0.4, -0.2) is 19.9 Å². The molecule has 3 heteroatoms. The summed E-state index contributed by atoms with van der Waals surface area (Å²) in [5.74, 6) is 0.178. The lowest BCUT2D eigenvalue weighted by atomic mass is 10.1. The van der Waals surface area contributed by atoms with Crippen molar-refractivity contribution in [1.82, 2.24) is 0 Å². The van der Waals surface area contributed by atoms with Gasteiger partial charge in [0, 0.05) is 24.8 Å². The monoisotopic (exact) mass is 223 g/mol. The van der Waals surface area contributed by atoms with Crippen molar-refractivity contribution in [2.75, 3.05) is 18.5 Å². The molecule has 1 unspecified atom stereocenters. The molecule has 0 radical (unpaired) electrons. The van der Waals surface area contributed by atoms with E-state index in [1.54, 1.807) is 6.07 Å². The molecule has 0 amide bonds. The molecular formula is C13H18FNO. The van der Waals surface area contributed by atoms with E-state index in [4.69, 9.17) is 0 Å². The van der Waals surface area contributed by atoms with Gasteiger partial charge in [-0.2, -0.15) is 0 Å². The topological polar surface area (TPSA) is 20.3 Å². The average Bonchev–Trinajstić information content (AvgIpc) is 2.28. The molecule has 0 saturated carbocycles. The first-order valence-electron chi connectivity index (χ1n) is 5.54. The highest BCUT2D eigenvalue weighted by Gasteiger charge is 2.10. The molecule has 0 saturated heterocycles. The van der Waals surface area contributed by atoms with Crippen LogP contribution in [0.4, 0.5) is 10.1 Å². The van der Waals surface area contributed by atoms with Gasteiger partial charge in [0.05, 0.1) is 0 Å². The van der Waals surface area contributed by atoms with Crippen LogP contribution in [0, 0.1) is 11.7 Å². The van der Waals surface area contributed by atoms with Gasteiger partial charge in [-0.05, 0) is 24.1 Å². The van der Waals surface area contributed by atoms with Gasteiger partial charge in [0.25, 0.3) is 0 Å². The fourth-order valence-corrected chi connectivity index (χ4v) is 1.66. The summed E-state index contributed by atoms with van der Waals surface area (Å²) in [5.41, 5.74) is 1.20. The minimum atomic E-state index is -0.372. The average molecular weight is 223 g/mol. The van der Waals surface area contributed by atoms with E-state index < -0.39 is 0 Å². The van der Waals surface area contributed by atoms with Gasteiger partial charge < -0.3 is 4.90 Å². The van der Waals surface area contributed by atoms with Crippen LogP contribution in [0.15, 0.2) is 18.2 Å². The fourth-order valence-electron chi connectivity index (χ4n) is 1.66. The zero-order chi connectivity index (χ0) is 12.1. The van der Waals surface area contributed by atoms with E-state index >= 15 is 0 Å². The molecule has 0 fully saturated rings. The first kappa shape index (κ1) is 12.7. The van der Waals surface area contributed by atoms with E-state index in [1.165, 1.54) is 12.1 Å². The van der Waals surface area contributed by atoms with E-state index in [1.807, 2.05) is 11.9 Å². The van der Waals surface area contributed by atoms with Crippen LogP contribution in [0.25, 0.3) is 0 Å². The van der Waals surface area contributed by atoms with Gasteiger partial charge in [0.2, 0.25) is 0 Å². The molecule has 0 aliphatic rings. The van der Waals surface area contributed by atoms with Crippen molar-refractivity contribution in [2.45, 2.75) is 20.3 Å². The summed E-state index contributed by atoms with van der Waals surface area (Å²) in [6.07, 6.45) is 1.79. The second kappa shape index (κ2) is 5.64. The van der Waals surface area contributed by atoms with Crippen LogP contribution in [0.1, 0.15) is 30.6 Å². The van der Waals surface area contributed by atoms with Gasteiger partial charge in [-0.1, -0.05) is 20.3 Å². The molecule has 0 heterocycles. The second-order valence-electron chi connectivity index (χ2n) is 4.21. The molecule has 1 atom stereocenters. The summed E-state index contributed by atoms with van der Waals surface area (Å²) in [6.45, 7) is 5.15. The Hall–Kier alpha value is -1.38. The van der Waals surface area contributed by atoms with Gasteiger partial charge >= 0.3 is 0 Å². The van der Waals surface area contributed by atoms with Crippen molar-refractivity contribution < 1.29 is 9.18 Å². The number of aldehydes is 1. The number of hydrogen-bond donors (Lipinski definition) is 0. The van der Waals surface area contributed by atoms with Crippen LogP contribution >= 0.6 is 0 Å². The lowest BCUT2D eigenvalue weighted by molar-refractivity contribution is 0.112. The highest BCUT2D eigenvalue weighted by atomic mass is 19.1. The predicted octanol–water partition coefficient (Wildman–Crippen LogP) is 3.12. The smallest absolute Gasteiger partial charge is 0.152 e. The zero-order valence-corrected chi connectivity index (χ0v) is 10.0. The maximum atomic E-state index is 12.9. The molecule has 0 bridgehead atoms. The molecule has 0 aromatic heterocycles. The summed E-state index contributed by atoms with van der Waals surface area (Å²) in [5, 5.41) is 0. The third-order valence-electron chi connectivity index (χ3n) is 2.81. The molecule has 0 aliphatic carbocycles. The van der Waals surface area contributed by atoms with Crippen LogP contribution in [0.5, 0.6) is 0 Å². The summed E-state index contributed by atoms with van der Waals surface area (Å²) < 4.78 is 12.9. The quantitative estimate of drug-likeness (QED) is 0.715. The second-order valence-corrected chi connectivity index (χ2v) is 4.21. The van der Waals surface area contributed by atoms with Crippen LogP contribution < -0.4 is 4.90 Å². The van der Waals surface area contributed by atoms with Crippen molar-refractivity contribution in [1.29, 1.82) is 0 Å². The molecule has 1 rings (SSSR count). The zero-order valence-electron chi connectivity index (χ0n) is 10.0. The lowest BCUT2D eigenvalue weighted by Crippen LogP contribution is -2.24. The Morgan fingerprint density at radius 3 is 2.75 bits per heavy atom. The van der Waals surface area contributed by atoms with Gasteiger partial charge in [-0.25, -0.2) is 4.39 Å². The molecule has 2 nitrogen and oxygen atoms in total. The molecule has 0 spiro atoms. The predicted molar refractivity (Wildman–Crippen MR) is 64.5 cm³/mol. The Morgan fingerprint density at radius 1 is 1.50 bits per heavy atom. The van der Waals surface area contributed by atoms with Gasteiger partial charge in [-0.15, -0.1) is 0 Å². The normalized spacial score (nSPS) is 12.2. The number of nitrogens with zero attached hydrogens (tertiary/aromatic N) is 1. The molecular weight excluding hydrogens is 205 g/mol. The number of hydrogen-bond acceptors (Lipinski definition) is 2. The van der Waals surface area contributed by atoms with Gasteiger partial charge in [0.15, 0.2) is 6.29 Å². The van der Waals surface area contributed by atoms with Crippen molar-refractivity contribution in [2.24, 2.45) is 5.92 Å². The molecule has 16 heavy (non-hydrogen) atoms. The van der Waals surface area contributed by atoms with Crippen LogP contribution in [-0.2, 0) is 0 Å². The summed E-state index contributed by atoms with van der Waals surface area (Å²) >= 11 is 0. The molecule has 88 valence electrons. The Morgan fingerprint density at radius 2 is 2.19 bits per heavy atom. The summed E-state index contributed by atoms with van der Waals surface area (Å²) in [7, 11) is 1.92. The number of benzene rings is 1. The van der Waals surface area contributed by atoms with E-state index in [-0.39, 0.29) is 5.82 Å². The Labute approximate surface area is 96.1 Å². The summed E-state index contributed by atoms with van der Waals surface area (Å²) in [6, 6.07) is 4.31. The fraction of sp³-hybridized carbons (Fsp3) is 0.462. The molecule has 1 aromatic carbocycles. The third-order valence-corrected chi connectivity index (χ3v) is 2.81. The summed E-state index contributed by atoms with van der Waals surface area (Å²) in [4.78, 5) is 12.8. The van der Waals surface area contributed by atoms with Gasteiger partial charge in [-0.3, -0.25) is 4.79 Å². The molecule has 0 N–H and O–H groups in total. The van der Waals surface area contributed by atoms with E-state index in [0.29, 0.717) is 17.8 Å². The first-order chi connectivity index (χ1) is 7.58. The maximum absolute atomic E-state index is 12.9. The Bertz CT molecular complexity index is 365. The van der Waals surface area contributed by atoms with Gasteiger partial charge in [0.1, 0.15) is 5.82 Å². The SMILES string of the molecule is CCC(C)CN(C)c1ccc(F)cc1C=O. The molecule has 0 aliphatic heterocycles. The van der Waals surface area contributed by atoms with Crippen molar-refractivity contribution >= 4 is 12.0 Å². The number of rotatable bonds is 5. The number of carbonyl (C=O) groups excluding carboxylic acids is 1. The van der Waals surface area contributed by atoms with Crippen molar-refractivity contribution in [3.8, 4) is 0 Å². The van der Waals surface area contributed by atoms with Crippen molar-refractivity contribution in [3.05, 3.63) is 29.6 Å². The van der Waals surface area contributed by atoms with Crippen LogP contribution in [0.3, 0.4) is 0 Å². The standard InChI is InChI=1S/C13H18FNO/c1-4-10(2)8-15(3)13-6-5-12(14)7-11(13)9-16/h5-7,9-10H,4,8H2,1-3H3. The van der Waals surface area contributed by atoms with E-state index in [2.05, 4.69) is 13.8 Å². The Balaban J connectivity index is 2.90. The number of anilines is 1. The van der Waals surface area contributed by atoms with E-state index in [0.717, 1.165) is 18.7 Å². The largest absolute Gasteiger partial charge is 0.374 e. The number of halogens is 1. The third kappa shape index (κ3) is 3.05. The minimum absolute atomic E-state index is 0.372. The first-order valence-corrected chi connectivity index (χ1v) is 5.54. The van der Waals surface area contributed by atoms with E-state index in [9.17, 15) is 9.18 Å². The molecule has 1 aromatic rings. The van der Waals surface area contributed by atoms with Crippen LogP contribution in [0.2, 0.25) is 0 Å². The number of carbonyl (C=O) groups is 1. The highest BCUT2D eigenvalue weighted by Crippen LogP contribution is 2.20. The maximum Gasteiger partial charge on any atom is 0.152 e.